The highest BCUT2D eigenvalue weighted by Gasteiger charge is 2.16. The fourth-order valence-electron chi connectivity index (χ4n) is 1.67. The second kappa shape index (κ2) is 8.73. The van der Waals surface area contributed by atoms with Crippen molar-refractivity contribution in [2.75, 3.05) is 6.61 Å². The number of hydrogen-bond donors (Lipinski definition) is 2. The Hall–Kier alpha value is -2.37. The fourth-order valence-corrected chi connectivity index (χ4v) is 1.67. The van der Waals surface area contributed by atoms with Crippen LogP contribution in [0.3, 0.4) is 0 Å². The minimum Gasteiger partial charge on any atom is -0.494 e. The summed E-state index contributed by atoms with van der Waals surface area (Å²) in [6.45, 7) is 2.04. The largest absolute Gasteiger partial charge is 0.494 e. The van der Waals surface area contributed by atoms with E-state index in [-0.39, 0.29) is 12.3 Å². The number of carbonyl (C=O) groups excluding carboxylic acids is 2. The number of rotatable bonds is 9. The molecule has 114 valence electrons. The van der Waals surface area contributed by atoms with E-state index in [0.29, 0.717) is 30.8 Å². The molecule has 6 nitrogen and oxygen atoms in total. The van der Waals surface area contributed by atoms with E-state index >= 15 is 0 Å². The average Bonchev–Trinajstić information content (AvgIpc) is 2.49. The Bertz CT molecular complexity index is 483. The fraction of sp³-hybridized carbons (Fsp3) is 0.400. The van der Waals surface area contributed by atoms with E-state index in [0.717, 1.165) is 6.29 Å². The summed E-state index contributed by atoms with van der Waals surface area (Å²) in [7, 11) is 0. The lowest BCUT2D eigenvalue weighted by atomic mass is 10.2. The van der Waals surface area contributed by atoms with Gasteiger partial charge >= 0.3 is 5.97 Å². The van der Waals surface area contributed by atoms with Gasteiger partial charge in [-0.1, -0.05) is 6.92 Å². The van der Waals surface area contributed by atoms with Crippen LogP contribution in [0.1, 0.15) is 36.5 Å². The molecule has 1 amide bonds. The van der Waals surface area contributed by atoms with Crippen molar-refractivity contribution in [2.24, 2.45) is 0 Å². The molecule has 1 aromatic carbocycles. The average molecular weight is 293 g/mol. The van der Waals surface area contributed by atoms with Crippen LogP contribution in [0.2, 0.25) is 0 Å². The van der Waals surface area contributed by atoms with Crippen molar-refractivity contribution in [3.63, 3.8) is 0 Å². The normalized spacial score (nSPS) is 11.5. The van der Waals surface area contributed by atoms with E-state index in [1.807, 2.05) is 0 Å². The van der Waals surface area contributed by atoms with Crippen LogP contribution in [0.4, 0.5) is 0 Å². The van der Waals surface area contributed by atoms with Crippen LogP contribution < -0.4 is 10.1 Å². The van der Waals surface area contributed by atoms with E-state index in [1.165, 1.54) is 0 Å². The van der Waals surface area contributed by atoms with Crippen LogP contribution in [-0.2, 0) is 9.59 Å². The molecule has 0 aliphatic heterocycles. The maximum Gasteiger partial charge on any atom is 0.326 e. The van der Waals surface area contributed by atoms with Gasteiger partial charge in [-0.05, 0) is 37.1 Å². The summed E-state index contributed by atoms with van der Waals surface area (Å²) in [5.41, 5.74) is 0.570. The zero-order valence-electron chi connectivity index (χ0n) is 11.9. The summed E-state index contributed by atoms with van der Waals surface area (Å²) in [6.07, 6.45) is 1.79. The Morgan fingerprint density at radius 1 is 1.33 bits per heavy atom. The molecule has 0 spiro atoms. The molecular formula is C15H19NO5. The van der Waals surface area contributed by atoms with Crippen molar-refractivity contribution in [1.82, 2.24) is 5.32 Å². The maximum atomic E-state index is 11.5. The summed E-state index contributed by atoms with van der Waals surface area (Å²) in [5.74, 6) is -0.709. The van der Waals surface area contributed by atoms with Gasteiger partial charge < -0.3 is 15.2 Å². The van der Waals surface area contributed by atoms with Crippen molar-refractivity contribution in [3.05, 3.63) is 29.8 Å². The number of carbonyl (C=O) groups is 3. The van der Waals surface area contributed by atoms with Crippen molar-refractivity contribution in [1.29, 1.82) is 0 Å². The van der Waals surface area contributed by atoms with Crippen molar-refractivity contribution in [2.45, 2.75) is 32.2 Å². The Balaban J connectivity index is 2.25. The first kappa shape index (κ1) is 16.7. The highest BCUT2D eigenvalue weighted by atomic mass is 16.5. The first-order chi connectivity index (χ1) is 10.1. The summed E-state index contributed by atoms with van der Waals surface area (Å²) < 4.78 is 5.42. The summed E-state index contributed by atoms with van der Waals surface area (Å²) >= 11 is 0. The van der Waals surface area contributed by atoms with Crippen LogP contribution in [-0.4, -0.2) is 35.9 Å². The Morgan fingerprint density at radius 2 is 2.00 bits per heavy atom. The van der Waals surface area contributed by atoms with Crippen molar-refractivity contribution < 1.29 is 24.2 Å². The van der Waals surface area contributed by atoms with Crippen LogP contribution in [0.5, 0.6) is 5.75 Å². The number of amides is 1. The quantitative estimate of drug-likeness (QED) is 0.533. The van der Waals surface area contributed by atoms with Crippen molar-refractivity contribution in [3.8, 4) is 5.75 Å². The number of carboxylic acid groups (broad SMARTS) is 1. The second-order valence-electron chi connectivity index (χ2n) is 4.51. The predicted octanol–water partition coefficient (Wildman–Crippen LogP) is 1.64. The lowest BCUT2D eigenvalue weighted by Gasteiger charge is -2.12. The van der Waals surface area contributed by atoms with Gasteiger partial charge in [-0.3, -0.25) is 9.59 Å². The van der Waals surface area contributed by atoms with E-state index in [2.05, 4.69) is 5.32 Å². The highest BCUT2D eigenvalue weighted by molar-refractivity contribution is 5.83. The zero-order valence-corrected chi connectivity index (χ0v) is 11.9. The predicted molar refractivity (Wildman–Crippen MR) is 76.4 cm³/mol. The molecule has 0 radical (unpaired) electrons. The van der Waals surface area contributed by atoms with Crippen molar-refractivity contribution >= 4 is 18.2 Å². The van der Waals surface area contributed by atoms with Crippen LogP contribution in [0, 0.1) is 0 Å². The van der Waals surface area contributed by atoms with Crippen LogP contribution in [0.25, 0.3) is 0 Å². The molecule has 0 aliphatic carbocycles. The molecular weight excluding hydrogens is 274 g/mol. The molecule has 0 bridgehead atoms. The topological polar surface area (TPSA) is 92.7 Å². The molecule has 1 rings (SSSR count). The molecule has 0 saturated heterocycles. The maximum absolute atomic E-state index is 11.5. The molecule has 0 saturated carbocycles. The standard InChI is InChI=1S/C15H19NO5/c1-2-13(15(19)20)16-14(18)4-3-9-21-12-7-5-11(10-17)6-8-12/h5-8,10,13H,2-4,9H2,1H3,(H,16,18)(H,19,20). The molecule has 0 heterocycles. The molecule has 0 aromatic heterocycles. The summed E-state index contributed by atoms with van der Waals surface area (Å²) in [6, 6.07) is 5.82. The number of aldehydes is 1. The van der Waals surface area contributed by atoms with Gasteiger partial charge in [-0.25, -0.2) is 4.79 Å². The molecule has 2 N–H and O–H groups in total. The van der Waals surface area contributed by atoms with Gasteiger partial charge in [-0.2, -0.15) is 0 Å². The monoisotopic (exact) mass is 293 g/mol. The number of ether oxygens (including phenoxy) is 1. The first-order valence-electron chi connectivity index (χ1n) is 6.77. The smallest absolute Gasteiger partial charge is 0.326 e. The number of aliphatic carboxylic acids is 1. The minimum atomic E-state index is -1.03. The molecule has 1 unspecified atom stereocenters. The van der Waals surface area contributed by atoms with Crippen LogP contribution >= 0.6 is 0 Å². The van der Waals surface area contributed by atoms with E-state index < -0.39 is 12.0 Å². The van der Waals surface area contributed by atoms with Gasteiger partial charge in [0.05, 0.1) is 6.61 Å². The van der Waals surface area contributed by atoms with Gasteiger partial charge in [0, 0.05) is 12.0 Å². The van der Waals surface area contributed by atoms with Gasteiger partial charge in [0.1, 0.15) is 18.1 Å². The Labute approximate surface area is 123 Å². The van der Waals surface area contributed by atoms with Crippen LogP contribution in [0.15, 0.2) is 24.3 Å². The third-order valence-electron chi connectivity index (χ3n) is 2.87. The molecule has 21 heavy (non-hydrogen) atoms. The Morgan fingerprint density at radius 3 is 2.52 bits per heavy atom. The van der Waals surface area contributed by atoms with Gasteiger partial charge in [0.15, 0.2) is 0 Å². The summed E-state index contributed by atoms with van der Waals surface area (Å²) in [5, 5.41) is 11.3. The van der Waals surface area contributed by atoms with E-state index in [1.54, 1.807) is 31.2 Å². The number of hydrogen-bond acceptors (Lipinski definition) is 4. The third kappa shape index (κ3) is 6.07. The molecule has 1 aromatic rings. The van der Waals surface area contributed by atoms with Gasteiger partial charge in [0.2, 0.25) is 5.91 Å². The third-order valence-corrected chi connectivity index (χ3v) is 2.87. The first-order valence-corrected chi connectivity index (χ1v) is 6.77. The molecule has 1 atom stereocenters. The van der Waals surface area contributed by atoms with E-state index in [9.17, 15) is 14.4 Å². The lowest BCUT2D eigenvalue weighted by molar-refractivity contribution is -0.141. The molecule has 0 aliphatic rings. The van der Waals surface area contributed by atoms with Gasteiger partial charge in [0.25, 0.3) is 0 Å². The Kier molecular flexibility index (Phi) is 6.94. The number of carboxylic acids is 1. The lowest BCUT2D eigenvalue weighted by Crippen LogP contribution is -2.40. The number of nitrogens with one attached hydrogen (secondary N) is 1. The highest BCUT2D eigenvalue weighted by Crippen LogP contribution is 2.11. The second-order valence-corrected chi connectivity index (χ2v) is 4.51. The SMILES string of the molecule is CCC(NC(=O)CCCOc1ccc(C=O)cc1)C(=O)O. The minimum absolute atomic E-state index is 0.205. The van der Waals surface area contributed by atoms with E-state index in [4.69, 9.17) is 9.84 Å². The number of benzene rings is 1. The zero-order chi connectivity index (χ0) is 15.7. The summed E-state index contributed by atoms with van der Waals surface area (Å²) in [4.78, 5) is 32.8. The van der Waals surface area contributed by atoms with Gasteiger partial charge in [-0.15, -0.1) is 0 Å². The molecule has 6 heteroatoms. The molecule has 0 fully saturated rings.